The highest BCUT2D eigenvalue weighted by Crippen LogP contribution is 2.43. The minimum absolute atomic E-state index is 0.135. The van der Waals surface area contributed by atoms with Crippen molar-refractivity contribution in [3.05, 3.63) is 52.9 Å². The van der Waals surface area contributed by atoms with Gasteiger partial charge in [0.05, 0.1) is 25.8 Å². The van der Waals surface area contributed by atoms with Crippen LogP contribution in [0.3, 0.4) is 0 Å². The monoisotopic (exact) mass is 433 g/mol. The molecule has 1 aliphatic carbocycles. The lowest BCUT2D eigenvalue weighted by molar-refractivity contribution is -0.264. The van der Waals surface area contributed by atoms with Crippen LogP contribution >= 0.6 is 0 Å². The maximum absolute atomic E-state index is 13.8. The summed E-state index contributed by atoms with van der Waals surface area (Å²) in [5.41, 5.74) is -4.85. The van der Waals surface area contributed by atoms with Crippen molar-refractivity contribution >= 4 is 5.78 Å². The summed E-state index contributed by atoms with van der Waals surface area (Å²) in [6.45, 7) is 1.72. The van der Waals surface area contributed by atoms with Gasteiger partial charge in [0.1, 0.15) is 17.3 Å². The Balaban J connectivity index is 2.35. The second-order valence-electron chi connectivity index (χ2n) is 7.78. The lowest BCUT2D eigenvalue weighted by Gasteiger charge is -2.38. The van der Waals surface area contributed by atoms with Crippen LogP contribution in [0.15, 0.2) is 41.5 Å². The number of alkyl halides is 3. The van der Waals surface area contributed by atoms with Crippen molar-refractivity contribution in [2.45, 2.75) is 43.9 Å². The van der Waals surface area contributed by atoms with Gasteiger partial charge in [0.25, 0.3) is 0 Å². The summed E-state index contributed by atoms with van der Waals surface area (Å²) in [6.07, 6.45) is -5.76. The average molecular weight is 433 g/mol. The van der Waals surface area contributed by atoms with E-state index in [1.165, 1.54) is 27.0 Å². The van der Waals surface area contributed by atoms with E-state index in [0.29, 0.717) is 0 Å². The number of ketones is 1. The van der Waals surface area contributed by atoms with Gasteiger partial charge >= 0.3 is 6.18 Å². The largest absolute Gasteiger partial charge is 0.510 e. The van der Waals surface area contributed by atoms with Crippen molar-refractivity contribution < 1.29 is 42.4 Å². The first-order valence-electron chi connectivity index (χ1n) is 8.93. The molecule has 1 aromatic rings. The van der Waals surface area contributed by atoms with Crippen LogP contribution in [0.2, 0.25) is 0 Å². The first-order chi connectivity index (χ1) is 13.7. The number of methoxy groups -OCH3 is 1. The third-order valence-electron chi connectivity index (χ3n) is 4.93. The number of hydrogen-bond donors (Lipinski definition) is 4. The number of nitrogens with one attached hydrogen (secondary N) is 1. The van der Waals surface area contributed by atoms with E-state index in [2.05, 4.69) is 5.32 Å². The molecule has 0 amide bonds. The van der Waals surface area contributed by atoms with E-state index >= 15 is 0 Å². The molecule has 2 rings (SSSR count). The standard InChI is InChI=1S/C20H23F4NO5/c1-18(2,12-6-11(21)4-5-17(12)30-3)9-19(29,20(22,23)24)10-25-13-7-15(27)16(28)8-14(13)26/h4-7,25-27,29H,8-10H2,1-3H3. The van der Waals surface area contributed by atoms with Crippen LogP contribution in [-0.2, 0) is 10.2 Å². The third kappa shape index (κ3) is 4.86. The van der Waals surface area contributed by atoms with Gasteiger partial charge in [-0.1, -0.05) is 13.8 Å². The molecule has 0 saturated heterocycles. The van der Waals surface area contributed by atoms with Crippen molar-refractivity contribution in [1.29, 1.82) is 0 Å². The van der Waals surface area contributed by atoms with E-state index in [-0.39, 0.29) is 17.0 Å². The van der Waals surface area contributed by atoms with Crippen molar-refractivity contribution in [1.82, 2.24) is 5.32 Å². The summed E-state index contributed by atoms with van der Waals surface area (Å²) in [7, 11) is 1.29. The van der Waals surface area contributed by atoms with Gasteiger partial charge in [0, 0.05) is 11.6 Å². The average Bonchev–Trinajstić information content (AvgIpc) is 2.62. The van der Waals surface area contributed by atoms with Crippen molar-refractivity contribution in [3.63, 3.8) is 0 Å². The Labute approximate surface area is 170 Å². The highest BCUT2D eigenvalue weighted by atomic mass is 19.4. The Morgan fingerprint density at radius 1 is 1.20 bits per heavy atom. The molecule has 1 atom stereocenters. The molecule has 0 aromatic heterocycles. The number of carbonyl (C=O) groups is 1. The fourth-order valence-corrected chi connectivity index (χ4v) is 3.33. The first kappa shape index (κ1) is 23.5. The predicted octanol–water partition coefficient (Wildman–Crippen LogP) is 3.57. The minimum Gasteiger partial charge on any atom is -0.510 e. The summed E-state index contributed by atoms with van der Waals surface area (Å²) in [5.74, 6) is -2.58. The molecule has 0 heterocycles. The molecular weight excluding hydrogens is 410 g/mol. The maximum atomic E-state index is 13.8. The van der Waals surface area contributed by atoms with Crippen LogP contribution < -0.4 is 10.1 Å². The first-order valence-corrected chi connectivity index (χ1v) is 8.93. The fraction of sp³-hybridized carbons (Fsp3) is 0.450. The zero-order valence-electron chi connectivity index (χ0n) is 16.6. The zero-order chi connectivity index (χ0) is 22.9. The van der Waals surface area contributed by atoms with Crippen LogP contribution in [0.25, 0.3) is 0 Å². The van der Waals surface area contributed by atoms with Gasteiger partial charge in [0.15, 0.2) is 11.4 Å². The second-order valence-corrected chi connectivity index (χ2v) is 7.78. The maximum Gasteiger partial charge on any atom is 0.418 e. The van der Waals surface area contributed by atoms with Crippen LogP contribution in [0.1, 0.15) is 32.3 Å². The van der Waals surface area contributed by atoms with Crippen molar-refractivity contribution in [2.24, 2.45) is 0 Å². The van der Waals surface area contributed by atoms with Crippen molar-refractivity contribution in [2.75, 3.05) is 13.7 Å². The van der Waals surface area contributed by atoms with Crippen LogP contribution in [0, 0.1) is 5.82 Å². The third-order valence-corrected chi connectivity index (χ3v) is 4.93. The van der Waals surface area contributed by atoms with Gasteiger partial charge in [-0.25, -0.2) is 4.39 Å². The molecule has 0 bridgehead atoms. The van der Waals surface area contributed by atoms with E-state index in [4.69, 9.17) is 4.74 Å². The molecule has 1 unspecified atom stereocenters. The molecule has 10 heteroatoms. The number of hydrogen-bond acceptors (Lipinski definition) is 6. The van der Waals surface area contributed by atoms with Crippen LogP contribution in [-0.4, -0.2) is 46.5 Å². The highest BCUT2D eigenvalue weighted by Gasteiger charge is 2.56. The number of carbonyl (C=O) groups excluding carboxylic acids is 1. The topological polar surface area (TPSA) is 99.0 Å². The molecule has 0 fully saturated rings. The molecule has 4 N–H and O–H groups in total. The molecule has 0 aliphatic heterocycles. The SMILES string of the molecule is COc1ccc(F)cc1C(C)(C)CC(O)(CNC1=C(O)CC(=O)C(O)=C1)C(F)(F)F. The number of benzene rings is 1. The predicted molar refractivity (Wildman–Crippen MR) is 99.6 cm³/mol. The smallest absolute Gasteiger partial charge is 0.418 e. The van der Waals surface area contributed by atoms with E-state index in [9.17, 15) is 37.7 Å². The summed E-state index contributed by atoms with van der Waals surface area (Å²) in [4.78, 5) is 11.3. The Morgan fingerprint density at radius 2 is 1.83 bits per heavy atom. The van der Waals surface area contributed by atoms with Crippen molar-refractivity contribution in [3.8, 4) is 5.75 Å². The summed E-state index contributed by atoms with van der Waals surface area (Å²) in [5, 5.41) is 32.0. The van der Waals surface area contributed by atoms with Gasteiger partial charge in [-0.3, -0.25) is 4.79 Å². The zero-order valence-corrected chi connectivity index (χ0v) is 16.6. The summed E-state index contributed by atoms with van der Waals surface area (Å²) >= 11 is 0. The molecule has 6 nitrogen and oxygen atoms in total. The molecule has 1 aliphatic rings. The highest BCUT2D eigenvalue weighted by molar-refractivity contribution is 5.96. The Kier molecular flexibility index (Phi) is 6.41. The van der Waals surface area contributed by atoms with Gasteiger partial charge in [-0.15, -0.1) is 0 Å². The number of ether oxygens (including phenoxy) is 1. The second kappa shape index (κ2) is 8.17. The quantitative estimate of drug-likeness (QED) is 0.491. The van der Waals surface area contributed by atoms with Crippen LogP contribution in [0.4, 0.5) is 17.6 Å². The Morgan fingerprint density at radius 3 is 2.40 bits per heavy atom. The van der Waals surface area contributed by atoms with E-state index < -0.39 is 59.7 Å². The normalized spacial score (nSPS) is 17.5. The summed E-state index contributed by atoms with van der Waals surface area (Å²) in [6, 6.07) is 3.44. The lowest BCUT2D eigenvalue weighted by atomic mass is 9.74. The molecule has 0 spiro atoms. The van der Waals surface area contributed by atoms with E-state index in [1.54, 1.807) is 0 Å². The van der Waals surface area contributed by atoms with Crippen LogP contribution in [0.5, 0.6) is 5.75 Å². The lowest BCUT2D eigenvalue weighted by Crippen LogP contribution is -2.55. The molecule has 166 valence electrons. The number of allylic oxidation sites excluding steroid dienone is 3. The molecular formula is C20H23F4NO5. The van der Waals surface area contributed by atoms with Gasteiger partial charge < -0.3 is 25.4 Å². The number of Topliss-reactive ketones (excluding diaryl/α,β-unsaturated/α-hetero) is 1. The summed E-state index contributed by atoms with van der Waals surface area (Å²) < 4.78 is 60.3. The van der Waals surface area contributed by atoms with Gasteiger partial charge in [0.2, 0.25) is 5.78 Å². The Bertz CT molecular complexity index is 892. The van der Waals surface area contributed by atoms with Gasteiger partial charge in [-0.05, 0) is 30.0 Å². The van der Waals surface area contributed by atoms with E-state index in [0.717, 1.165) is 18.2 Å². The fourth-order valence-electron chi connectivity index (χ4n) is 3.33. The number of rotatable bonds is 7. The number of aliphatic hydroxyl groups excluding tert-OH is 2. The minimum atomic E-state index is -5.09. The number of halogens is 4. The molecule has 0 saturated carbocycles. The number of aliphatic hydroxyl groups is 3. The van der Waals surface area contributed by atoms with E-state index in [1.807, 2.05) is 0 Å². The molecule has 0 radical (unpaired) electrons. The molecule has 1 aromatic carbocycles. The Hall–Kier alpha value is -2.75. The molecule has 30 heavy (non-hydrogen) atoms. The van der Waals surface area contributed by atoms with Gasteiger partial charge in [-0.2, -0.15) is 13.2 Å².